The average Bonchev–Trinajstić information content (AvgIpc) is 3.08. The van der Waals surface area contributed by atoms with Crippen LogP contribution in [0, 0.1) is 11.8 Å². The largest absolute Gasteiger partial charge is 0.493 e. The molecule has 3 aromatic rings. The third-order valence-corrected chi connectivity index (χ3v) is 5.15. The summed E-state index contributed by atoms with van der Waals surface area (Å²) < 4.78 is 13.6. The maximum Gasteiger partial charge on any atom is 0.225 e. The molecule has 0 fully saturated rings. The number of nitrogens with zero attached hydrogens (tertiary/aromatic N) is 3. The Kier molecular flexibility index (Phi) is 7.57. The van der Waals surface area contributed by atoms with Gasteiger partial charge in [-0.25, -0.2) is 4.68 Å². The van der Waals surface area contributed by atoms with E-state index in [2.05, 4.69) is 13.8 Å². The van der Waals surface area contributed by atoms with Gasteiger partial charge in [0.25, 0.3) is 0 Å². The van der Waals surface area contributed by atoms with Crippen LogP contribution in [0.25, 0.3) is 11.3 Å². The Hall–Kier alpha value is -3.28. The normalized spacial score (nSPS) is 11.1. The zero-order chi connectivity index (χ0) is 23.3. The number of ether oxygens (including phenoxy) is 2. The smallest absolute Gasteiger partial charge is 0.225 e. The van der Waals surface area contributed by atoms with Crippen LogP contribution in [0.1, 0.15) is 33.3 Å². The number of benzene rings is 2. The molecule has 0 spiro atoms. The quantitative estimate of drug-likeness (QED) is 0.443. The first-order valence-corrected chi connectivity index (χ1v) is 11.0. The lowest BCUT2D eigenvalue weighted by molar-refractivity contribution is -0.135. The maximum atomic E-state index is 13.0. The molecule has 0 unspecified atom stereocenters. The molecule has 1 aromatic heterocycles. The summed E-state index contributed by atoms with van der Waals surface area (Å²) in [4.78, 5) is 15.0. The van der Waals surface area contributed by atoms with E-state index in [-0.39, 0.29) is 11.8 Å². The number of rotatable bonds is 9. The fourth-order valence-electron chi connectivity index (χ4n) is 3.69. The Morgan fingerprint density at radius 3 is 2.22 bits per heavy atom. The SMILES string of the molecule is COc1ccccc1Oc1c(CN(CC(C)C)C(=O)C(C)C)c(-c2ccccc2)nn1C. The van der Waals surface area contributed by atoms with Gasteiger partial charge in [0.05, 0.1) is 19.2 Å². The Labute approximate surface area is 190 Å². The van der Waals surface area contributed by atoms with Gasteiger partial charge < -0.3 is 14.4 Å². The van der Waals surface area contributed by atoms with E-state index in [1.54, 1.807) is 11.8 Å². The van der Waals surface area contributed by atoms with Crippen molar-refractivity contribution in [3.8, 4) is 28.6 Å². The van der Waals surface area contributed by atoms with Crippen LogP contribution in [0.5, 0.6) is 17.4 Å². The second-order valence-electron chi connectivity index (χ2n) is 8.64. The Morgan fingerprint density at radius 2 is 1.62 bits per heavy atom. The number of amides is 1. The highest BCUT2D eigenvalue weighted by Gasteiger charge is 2.26. The zero-order valence-corrected chi connectivity index (χ0v) is 19.8. The molecule has 0 saturated heterocycles. The van der Waals surface area contributed by atoms with Crippen LogP contribution >= 0.6 is 0 Å². The summed E-state index contributed by atoms with van der Waals surface area (Å²) in [7, 11) is 3.48. The number of aromatic nitrogens is 2. The summed E-state index contributed by atoms with van der Waals surface area (Å²) in [5.74, 6) is 2.20. The zero-order valence-electron chi connectivity index (χ0n) is 19.8. The van der Waals surface area contributed by atoms with E-state index in [0.717, 1.165) is 16.8 Å². The summed E-state index contributed by atoms with van der Waals surface area (Å²) in [5.41, 5.74) is 2.66. The van der Waals surface area contributed by atoms with Gasteiger partial charge in [-0.15, -0.1) is 0 Å². The van der Waals surface area contributed by atoms with E-state index < -0.39 is 0 Å². The molecule has 32 heavy (non-hydrogen) atoms. The number of hydrogen-bond acceptors (Lipinski definition) is 4. The monoisotopic (exact) mass is 435 g/mol. The lowest BCUT2D eigenvalue weighted by atomic mass is 10.1. The molecule has 2 aromatic carbocycles. The van der Waals surface area contributed by atoms with Crippen LogP contribution in [0.4, 0.5) is 0 Å². The minimum Gasteiger partial charge on any atom is -0.493 e. The van der Waals surface area contributed by atoms with Crippen molar-refractivity contribution in [1.82, 2.24) is 14.7 Å². The van der Waals surface area contributed by atoms with E-state index in [0.29, 0.717) is 36.4 Å². The van der Waals surface area contributed by atoms with Crippen LogP contribution in [0.15, 0.2) is 54.6 Å². The van der Waals surface area contributed by atoms with Gasteiger partial charge >= 0.3 is 0 Å². The Bertz CT molecular complexity index is 1040. The van der Waals surface area contributed by atoms with Crippen LogP contribution < -0.4 is 9.47 Å². The lowest BCUT2D eigenvalue weighted by Crippen LogP contribution is -2.36. The number of methoxy groups -OCH3 is 1. The van der Waals surface area contributed by atoms with Crippen molar-refractivity contribution in [2.75, 3.05) is 13.7 Å². The predicted molar refractivity (Wildman–Crippen MR) is 127 cm³/mol. The highest BCUT2D eigenvalue weighted by Crippen LogP contribution is 2.37. The molecule has 170 valence electrons. The second-order valence-corrected chi connectivity index (χ2v) is 8.64. The summed E-state index contributed by atoms with van der Waals surface area (Å²) in [6, 6.07) is 17.5. The van der Waals surface area contributed by atoms with E-state index in [1.807, 2.05) is 80.4 Å². The van der Waals surface area contributed by atoms with Crippen molar-refractivity contribution >= 4 is 5.91 Å². The van der Waals surface area contributed by atoms with E-state index in [1.165, 1.54) is 0 Å². The van der Waals surface area contributed by atoms with Crippen molar-refractivity contribution in [2.45, 2.75) is 34.2 Å². The van der Waals surface area contributed by atoms with Crippen molar-refractivity contribution in [3.05, 3.63) is 60.2 Å². The molecular formula is C26H33N3O3. The van der Waals surface area contributed by atoms with Crippen molar-refractivity contribution in [3.63, 3.8) is 0 Å². The van der Waals surface area contributed by atoms with Gasteiger partial charge in [0.1, 0.15) is 5.69 Å². The first-order chi connectivity index (χ1) is 15.3. The highest BCUT2D eigenvalue weighted by atomic mass is 16.5. The number of carbonyl (C=O) groups is 1. The minimum atomic E-state index is -0.0933. The van der Waals surface area contributed by atoms with Crippen LogP contribution in [-0.4, -0.2) is 34.2 Å². The van der Waals surface area contributed by atoms with E-state index in [9.17, 15) is 4.79 Å². The molecule has 6 nitrogen and oxygen atoms in total. The molecule has 0 aliphatic carbocycles. The third kappa shape index (κ3) is 5.31. The van der Waals surface area contributed by atoms with Gasteiger partial charge in [0.2, 0.25) is 11.8 Å². The lowest BCUT2D eigenvalue weighted by Gasteiger charge is -2.27. The fraction of sp³-hybridized carbons (Fsp3) is 0.385. The van der Waals surface area contributed by atoms with Crippen molar-refractivity contribution < 1.29 is 14.3 Å². The minimum absolute atomic E-state index is 0.0933. The molecule has 0 aliphatic heterocycles. The summed E-state index contributed by atoms with van der Waals surface area (Å²) in [5, 5.41) is 4.78. The summed E-state index contributed by atoms with van der Waals surface area (Å²) >= 11 is 0. The van der Waals surface area contributed by atoms with Gasteiger partial charge in [-0.2, -0.15) is 5.10 Å². The van der Waals surface area contributed by atoms with Gasteiger partial charge in [0, 0.05) is 25.1 Å². The highest BCUT2D eigenvalue weighted by molar-refractivity contribution is 5.78. The maximum absolute atomic E-state index is 13.0. The number of hydrogen-bond donors (Lipinski definition) is 0. The standard InChI is InChI=1S/C26H33N3O3/c1-18(2)16-29(25(30)19(3)4)17-21-24(20-12-8-7-9-13-20)27-28(5)26(21)32-23-15-11-10-14-22(23)31-6/h7-15,18-19H,16-17H2,1-6H3. The van der Waals surface area contributed by atoms with E-state index in [4.69, 9.17) is 14.6 Å². The van der Waals surface area contributed by atoms with Crippen LogP contribution in [0.3, 0.4) is 0 Å². The topological polar surface area (TPSA) is 56.6 Å². The number of para-hydroxylation sites is 2. The second kappa shape index (κ2) is 10.4. The Morgan fingerprint density at radius 1 is 1.00 bits per heavy atom. The fourth-order valence-corrected chi connectivity index (χ4v) is 3.69. The van der Waals surface area contributed by atoms with Crippen LogP contribution in [0.2, 0.25) is 0 Å². The molecule has 0 saturated carbocycles. The molecule has 0 radical (unpaired) electrons. The first kappa shape index (κ1) is 23.4. The van der Waals surface area contributed by atoms with Gasteiger partial charge in [-0.3, -0.25) is 4.79 Å². The molecular weight excluding hydrogens is 402 g/mol. The molecule has 1 amide bonds. The molecule has 1 heterocycles. The number of carbonyl (C=O) groups excluding carboxylic acids is 1. The van der Waals surface area contributed by atoms with Crippen LogP contribution in [-0.2, 0) is 18.4 Å². The van der Waals surface area contributed by atoms with Crippen molar-refractivity contribution in [2.24, 2.45) is 18.9 Å². The summed E-state index contributed by atoms with van der Waals surface area (Å²) in [6.45, 7) is 9.18. The van der Waals surface area contributed by atoms with Crippen molar-refractivity contribution in [1.29, 1.82) is 0 Å². The van der Waals surface area contributed by atoms with E-state index >= 15 is 0 Å². The average molecular weight is 436 g/mol. The van der Waals surface area contributed by atoms with Gasteiger partial charge in [0.15, 0.2) is 11.5 Å². The molecule has 0 N–H and O–H groups in total. The Balaban J connectivity index is 2.11. The molecule has 6 heteroatoms. The summed E-state index contributed by atoms with van der Waals surface area (Å²) in [6.07, 6.45) is 0. The molecule has 0 aliphatic rings. The van der Waals surface area contributed by atoms with Gasteiger partial charge in [-0.05, 0) is 18.1 Å². The van der Waals surface area contributed by atoms with Gasteiger partial charge in [-0.1, -0.05) is 70.2 Å². The molecule has 0 atom stereocenters. The third-order valence-electron chi connectivity index (χ3n) is 5.15. The predicted octanol–water partition coefficient (Wildman–Crippen LogP) is 5.53. The first-order valence-electron chi connectivity index (χ1n) is 11.0. The molecule has 3 rings (SSSR count). The number of aryl methyl sites for hydroxylation is 1. The molecule has 0 bridgehead atoms.